The van der Waals surface area contributed by atoms with E-state index in [1.54, 1.807) is 6.07 Å². The van der Waals surface area contributed by atoms with E-state index in [9.17, 15) is 4.79 Å². The lowest BCUT2D eigenvalue weighted by atomic mass is 10.2. The molecule has 1 aromatic heterocycles. The SMILES string of the molecule is CCCc1cc(=O)[nH]c(C2CN(C)CCCN2C)n1. The van der Waals surface area contributed by atoms with Crippen molar-refractivity contribution in [2.45, 2.75) is 32.2 Å². The van der Waals surface area contributed by atoms with Crippen LogP contribution in [0.25, 0.3) is 0 Å². The van der Waals surface area contributed by atoms with Gasteiger partial charge in [0.05, 0.1) is 6.04 Å². The van der Waals surface area contributed by atoms with E-state index in [0.717, 1.165) is 50.4 Å². The van der Waals surface area contributed by atoms with Crippen LogP contribution in [0.3, 0.4) is 0 Å². The Balaban J connectivity index is 2.30. The molecule has 0 bridgehead atoms. The number of aromatic nitrogens is 2. The van der Waals surface area contributed by atoms with Crippen LogP contribution in [-0.2, 0) is 6.42 Å². The van der Waals surface area contributed by atoms with Crippen molar-refractivity contribution in [2.75, 3.05) is 33.7 Å². The first-order chi connectivity index (χ1) is 9.10. The predicted molar refractivity (Wildman–Crippen MR) is 76.3 cm³/mol. The molecule has 0 spiro atoms. The molecule has 1 N–H and O–H groups in total. The van der Waals surface area contributed by atoms with Gasteiger partial charge in [0.2, 0.25) is 0 Å². The van der Waals surface area contributed by atoms with Gasteiger partial charge in [0.1, 0.15) is 5.82 Å². The Morgan fingerprint density at radius 3 is 2.95 bits per heavy atom. The van der Waals surface area contributed by atoms with E-state index in [1.165, 1.54) is 0 Å². The number of nitrogens with zero attached hydrogens (tertiary/aromatic N) is 3. The molecule has 19 heavy (non-hydrogen) atoms. The van der Waals surface area contributed by atoms with Crippen LogP contribution in [0.5, 0.6) is 0 Å². The van der Waals surface area contributed by atoms with Gasteiger partial charge in [-0.15, -0.1) is 0 Å². The van der Waals surface area contributed by atoms with Gasteiger partial charge in [0, 0.05) is 18.3 Å². The van der Waals surface area contributed by atoms with Crippen LogP contribution in [0.1, 0.15) is 37.3 Å². The molecule has 1 aromatic rings. The number of H-pyrrole nitrogens is 1. The zero-order valence-corrected chi connectivity index (χ0v) is 12.1. The Morgan fingerprint density at radius 1 is 1.42 bits per heavy atom. The predicted octanol–water partition coefficient (Wildman–Crippen LogP) is 1.03. The lowest BCUT2D eigenvalue weighted by Crippen LogP contribution is -2.33. The fourth-order valence-electron chi connectivity index (χ4n) is 2.64. The standard InChI is InChI=1S/C14H24N4O/c1-4-6-11-9-13(19)16-14(15-11)12-10-17(2)7-5-8-18(12)3/h9,12H,4-8,10H2,1-3H3,(H,15,16,19). The second kappa shape index (κ2) is 6.30. The Kier molecular flexibility index (Phi) is 4.71. The molecule has 5 heteroatoms. The van der Waals surface area contributed by atoms with E-state index in [0.29, 0.717) is 0 Å². The van der Waals surface area contributed by atoms with Crippen LogP contribution in [0.4, 0.5) is 0 Å². The highest BCUT2D eigenvalue weighted by Crippen LogP contribution is 2.19. The van der Waals surface area contributed by atoms with Crippen molar-refractivity contribution in [3.63, 3.8) is 0 Å². The number of aryl methyl sites for hydroxylation is 1. The van der Waals surface area contributed by atoms with E-state index in [2.05, 4.69) is 40.8 Å². The molecule has 0 radical (unpaired) electrons. The molecule has 2 rings (SSSR count). The summed E-state index contributed by atoms with van der Waals surface area (Å²) in [6.07, 6.45) is 3.03. The summed E-state index contributed by atoms with van der Waals surface area (Å²) in [5, 5.41) is 0. The highest BCUT2D eigenvalue weighted by Gasteiger charge is 2.24. The van der Waals surface area contributed by atoms with Crippen LogP contribution in [0.15, 0.2) is 10.9 Å². The van der Waals surface area contributed by atoms with Gasteiger partial charge in [0.15, 0.2) is 0 Å². The number of nitrogens with one attached hydrogen (secondary N) is 1. The van der Waals surface area contributed by atoms with E-state index in [-0.39, 0.29) is 11.6 Å². The zero-order chi connectivity index (χ0) is 13.8. The highest BCUT2D eigenvalue weighted by molar-refractivity contribution is 5.07. The zero-order valence-electron chi connectivity index (χ0n) is 12.1. The molecule has 0 saturated carbocycles. The summed E-state index contributed by atoms with van der Waals surface area (Å²) in [4.78, 5) is 23.9. The van der Waals surface area contributed by atoms with Crippen molar-refractivity contribution in [3.8, 4) is 0 Å². The third kappa shape index (κ3) is 3.64. The van der Waals surface area contributed by atoms with E-state index in [4.69, 9.17) is 0 Å². The minimum atomic E-state index is -0.0336. The van der Waals surface area contributed by atoms with Crippen LogP contribution < -0.4 is 5.56 Å². The molecule has 1 saturated heterocycles. The van der Waals surface area contributed by atoms with Crippen LogP contribution in [0, 0.1) is 0 Å². The molecule has 1 atom stereocenters. The molecule has 1 aliphatic rings. The van der Waals surface area contributed by atoms with Crippen molar-refractivity contribution in [1.82, 2.24) is 19.8 Å². The van der Waals surface area contributed by atoms with Crippen molar-refractivity contribution in [2.24, 2.45) is 0 Å². The Labute approximate surface area is 114 Å². The number of hydrogen-bond donors (Lipinski definition) is 1. The van der Waals surface area contributed by atoms with Crippen LogP contribution >= 0.6 is 0 Å². The second-order valence-corrected chi connectivity index (χ2v) is 5.48. The van der Waals surface area contributed by atoms with Gasteiger partial charge in [-0.2, -0.15) is 0 Å². The fourth-order valence-corrected chi connectivity index (χ4v) is 2.64. The van der Waals surface area contributed by atoms with E-state index >= 15 is 0 Å². The fraction of sp³-hybridized carbons (Fsp3) is 0.714. The largest absolute Gasteiger partial charge is 0.309 e. The first-order valence-electron chi connectivity index (χ1n) is 7.09. The smallest absolute Gasteiger partial charge is 0.251 e. The third-order valence-corrected chi connectivity index (χ3v) is 3.70. The van der Waals surface area contributed by atoms with Gasteiger partial charge in [-0.1, -0.05) is 13.3 Å². The monoisotopic (exact) mass is 264 g/mol. The number of aromatic amines is 1. The number of rotatable bonds is 3. The molecule has 5 nitrogen and oxygen atoms in total. The molecule has 1 unspecified atom stereocenters. The van der Waals surface area contributed by atoms with Gasteiger partial charge in [-0.25, -0.2) is 4.98 Å². The van der Waals surface area contributed by atoms with Crippen molar-refractivity contribution < 1.29 is 0 Å². The Morgan fingerprint density at radius 2 is 2.21 bits per heavy atom. The molecule has 1 fully saturated rings. The van der Waals surface area contributed by atoms with Crippen molar-refractivity contribution in [3.05, 3.63) is 27.9 Å². The number of likely N-dealkylation sites (N-methyl/N-ethyl adjacent to an activating group) is 2. The lowest BCUT2D eigenvalue weighted by Gasteiger charge is -2.26. The summed E-state index contributed by atoms with van der Waals surface area (Å²) in [6.45, 7) is 5.15. The van der Waals surface area contributed by atoms with Gasteiger partial charge in [-0.3, -0.25) is 9.69 Å². The van der Waals surface area contributed by atoms with E-state index in [1.807, 2.05) is 0 Å². The topological polar surface area (TPSA) is 52.2 Å². The highest BCUT2D eigenvalue weighted by atomic mass is 16.1. The maximum atomic E-state index is 11.8. The van der Waals surface area contributed by atoms with Gasteiger partial charge in [-0.05, 0) is 40.0 Å². The van der Waals surface area contributed by atoms with Crippen LogP contribution in [0.2, 0.25) is 0 Å². The minimum absolute atomic E-state index is 0.0336. The first-order valence-corrected chi connectivity index (χ1v) is 7.09. The summed E-state index contributed by atoms with van der Waals surface area (Å²) in [6, 6.07) is 1.80. The van der Waals surface area contributed by atoms with E-state index < -0.39 is 0 Å². The first kappa shape index (κ1) is 14.2. The summed E-state index contributed by atoms with van der Waals surface area (Å²) < 4.78 is 0. The Hall–Kier alpha value is -1.20. The molecule has 0 amide bonds. The average Bonchev–Trinajstić information content (AvgIpc) is 2.51. The second-order valence-electron chi connectivity index (χ2n) is 5.48. The van der Waals surface area contributed by atoms with Gasteiger partial charge in [0.25, 0.3) is 5.56 Å². The molecular weight excluding hydrogens is 240 g/mol. The summed E-state index contributed by atoms with van der Waals surface area (Å²) in [5.41, 5.74) is 0.871. The van der Waals surface area contributed by atoms with Crippen molar-refractivity contribution in [1.29, 1.82) is 0 Å². The molecule has 0 aromatic carbocycles. The summed E-state index contributed by atoms with van der Waals surface area (Å²) >= 11 is 0. The number of hydrogen-bond acceptors (Lipinski definition) is 4. The van der Waals surface area contributed by atoms with Gasteiger partial charge >= 0.3 is 0 Å². The maximum Gasteiger partial charge on any atom is 0.251 e. The summed E-state index contributed by atoms with van der Waals surface area (Å²) in [5.74, 6) is 0.812. The molecule has 2 heterocycles. The third-order valence-electron chi connectivity index (χ3n) is 3.70. The maximum absolute atomic E-state index is 11.8. The molecule has 1 aliphatic heterocycles. The Bertz CT molecular complexity index is 471. The molecular formula is C14H24N4O. The van der Waals surface area contributed by atoms with Crippen molar-refractivity contribution >= 4 is 0 Å². The lowest BCUT2D eigenvalue weighted by molar-refractivity contribution is 0.219. The quantitative estimate of drug-likeness (QED) is 0.886. The molecule has 0 aliphatic carbocycles. The minimum Gasteiger partial charge on any atom is -0.309 e. The average molecular weight is 264 g/mol. The van der Waals surface area contributed by atoms with Gasteiger partial charge < -0.3 is 9.88 Å². The normalized spacial score (nSPS) is 22.4. The van der Waals surface area contributed by atoms with Crippen LogP contribution in [-0.4, -0.2) is 53.5 Å². The summed E-state index contributed by atoms with van der Waals surface area (Å²) in [7, 11) is 4.23. The molecule has 106 valence electrons.